The van der Waals surface area contributed by atoms with Crippen LogP contribution in [0, 0.1) is 6.92 Å². The lowest BCUT2D eigenvalue weighted by molar-refractivity contribution is 0.560. The molecule has 0 amide bonds. The zero-order valence-electron chi connectivity index (χ0n) is 12.0. The molecular formula is C15H24OSi2. The molecule has 1 aromatic rings. The third kappa shape index (κ3) is 4.08. The summed E-state index contributed by atoms with van der Waals surface area (Å²) >= 11 is 0. The summed E-state index contributed by atoms with van der Waals surface area (Å²) in [5, 5.41) is 0. The fraction of sp³-hybridized carbons (Fsp3) is 0.333. The zero-order chi connectivity index (χ0) is 13.8. The van der Waals surface area contributed by atoms with E-state index < -0.39 is 16.6 Å². The molecule has 0 saturated heterocycles. The first-order chi connectivity index (χ1) is 8.32. The van der Waals surface area contributed by atoms with Crippen LogP contribution in [0.3, 0.4) is 0 Å². The van der Waals surface area contributed by atoms with Gasteiger partial charge in [-0.1, -0.05) is 35.7 Å². The first-order valence-electron chi connectivity index (χ1n) is 6.34. The third-order valence-corrected chi connectivity index (χ3v) is 10.1. The van der Waals surface area contributed by atoms with Crippen molar-refractivity contribution in [2.75, 3.05) is 0 Å². The maximum absolute atomic E-state index is 6.42. The Bertz CT molecular complexity index is 440. The van der Waals surface area contributed by atoms with E-state index in [-0.39, 0.29) is 0 Å². The molecule has 1 aromatic carbocycles. The molecule has 0 spiro atoms. The van der Waals surface area contributed by atoms with Crippen molar-refractivity contribution in [1.82, 2.24) is 0 Å². The maximum Gasteiger partial charge on any atom is 0.205 e. The molecule has 0 aliphatic heterocycles. The summed E-state index contributed by atoms with van der Waals surface area (Å²) in [6, 6.07) is 9.51. The summed E-state index contributed by atoms with van der Waals surface area (Å²) in [6.07, 6.45) is 0. The first kappa shape index (κ1) is 15.2. The Morgan fingerprint density at radius 3 is 2.22 bits per heavy atom. The van der Waals surface area contributed by atoms with Crippen molar-refractivity contribution >= 4 is 16.6 Å². The highest BCUT2D eigenvalue weighted by Crippen LogP contribution is 2.22. The first-order valence-corrected chi connectivity index (χ1v) is 12.0. The highest BCUT2D eigenvalue weighted by Gasteiger charge is 2.33. The SMILES string of the molecule is C=C[Si](C)(C)O[Si](C)(C=C)Cc1ccccc1C. The summed E-state index contributed by atoms with van der Waals surface area (Å²) in [5.41, 5.74) is 6.76. The van der Waals surface area contributed by atoms with Gasteiger partial charge in [0.15, 0.2) is 8.32 Å². The van der Waals surface area contributed by atoms with Gasteiger partial charge >= 0.3 is 0 Å². The van der Waals surface area contributed by atoms with Gasteiger partial charge in [-0.15, -0.1) is 13.2 Å². The quantitative estimate of drug-likeness (QED) is 0.703. The Kier molecular flexibility index (Phi) is 4.90. The predicted octanol–water partition coefficient (Wildman–Crippen LogP) is 4.32. The lowest BCUT2D eigenvalue weighted by Crippen LogP contribution is -2.46. The molecule has 98 valence electrons. The summed E-state index contributed by atoms with van der Waals surface area (Å²) in [6.45, 7) is 16.7. The lowest BCUT2D eigenvalue weighted by atomic mass is 10.1. The largest absolute Gasteiger partial charge is 0.449 e. The summed E-state index contributed by atoms with van der Waals surface area (Å²) in [7, 11) is -3.65. The van der Waals surface area contributed by atoms with Crippen molar-refractivity contribution < 1.29 is 4.12 Å². The molecule has 0 bridgehead atoms. The van der Waals surface area contributed by atoms with Crippen LogP contribution in [0.1, 0.15) is 11.1 Å². The van der Waals surface area contributed by atoms with E-state index in [1.54, 1.807) is 0 Å². The third-order valence-electron chi connectivity index (χ3n) is 3.22. The number of aryl methyl sites for hydroxylation is 1. The molecule has 0 aliphatic rings. The second kappa shape index (κ2) is 5.82. The van der Waals surface area contributed by atoms with Crippen molar-refractivity contribution in [3.8, 4) is 0 Å². The molecule has 3 heteroatoms. The van der Waals surface area contributed by atoms with E-state index in [4.69, 9.17) is 4.12 Å². The Morgan fingerprint density at radius 1 is 1.11 bits per heavy atom. The Balaban J connectivity index is 2.93. The van der Waals surface area contributed by atoms with Crippen LogP contribution in [-0.4, -0.2) is 16.6 Å². The molecule has 1 nitrogen and oxygen atoms in total. The second-order valence-corrected chi connectivity index (χ2v) is 13.3. The van der Waals surface area contributed by atoms with Gasteiger partial charge in [0.05, 0.1) is 0 Å². The van der Waals surface area contributed by atoms with Crippen LogP contribution in [0.25, 0.3) is 0 Å². The number of hydrogen-bond acceptors (Lipinski definition) is 1. The molecule has 0 radical (unpaired) electrons. The topological polar surface area (TPSA) is 9.23 Å². The molecule has 0 heterocycles. The lowest BCUT2D eigenvalue weighted by Gasteiger charge is -2.32. The molecule has 1 rings (SSSR count). The molecule has 0 N–H and O–H groups in total. The Hall–Kier alpha value is -0.906. The molecule has 0 fully saturated rings. The van der Waals surface area contributed by atoms with Gasteiger partial charge in [-0.3, -0.25) is 0 Å². The Labute approximate surface area is 113 Å². The number of rotatable bonds is 6. The summed E-state index contributed by atoms with van der Waals surface area (Å²) in [4.78, 5) is 0. The van der Waals surface area contributed by atoms with Crippen molar-refractivity contribution in [3.05, 3.63) is 59.9 Å². The molecule has 1 unspecified atom stereocenters. The van der Waals surface area contributed by atoms with E-state index in [9.17, 15) is 0 Å². The minimum Gasteiger partial charge on any atom is -0.449 e. The van der Waals surface area contributed by atoms with Gasteiger partial charge in [-0.05, 0) is 43.7 Å². The average molecular weight is 277 g/mol. The number of hydrogen-bond donors (Lipinski definition) is 0. The molecule has 0 saturated carbocycles. The highest BCUT2D eigenvalue weighted by molar-refractivity contribution is 6.89. The van der Waals surface area contributed by atoms with Gasteiger partial charge in [0.25, 0.3) is 0 Å². The summed E-state index contributed by atoms with van der Waals surface area (Å²) < 4.78 is 6.42. The fourth-order valence-corrected chi connectivity index (χ4v) is 9.04. The van der Waals surface area contributed by atoms with Gasteiger partial charge in [0, 0.05) is 0 Å². The maximum atomic E-state index is 6.42. The van der Waals surface area contributed by atoms with Crippen molar-refractivity contribution in [2.24, 2.45) is 0 Å². The molecule has 18 heavy (non-hydrogen) atoms. The van der Waals surface area contributed by atoms with E-state index >= 15 is 0 Å². The van der Waals surface area contributed by atoms with Crippen LogP contribution in [0.15, 0.2) is 48.8 Å². The van der Waals surface area contributed by atoms with Crippen LogP contribution < -0.4 is 0 Å². The van der Waals surface area contributed by atoms with Crippen molar-refractivity contribution in [2.45, 2.75) is 32.6 Å². The smallest absolute Gasteiger partial charge is 0.205 e. The van der Waals surface area contributed by atoms with E-state index in [1.165, 1.54) is 11.1 Å². The van der Waals surface area contributed by atoms with Gasteiger partial charge in [0.2, 0.25) is 8.32 Å². The van der Waals surface area contributed by atoms with Gasteiger partial charge in [-0.2, -0.15) is 0 Å². The van der Waals surface area contributed by atoms with E-state index in [0.29, 0.717) is 0 Å². The van der Waals surface area contributed by atoms with Crippen molar-refractivity contribution in [3.63, 3.8) is 0 Å². The van der Waals surface area contributed by atoms with Crippen molar-refractivity contribution in [1.29, 1.82) is 0 Å². The highest BCUT2D eigenvalue weighted by atomic mass is 28.4. The Morgan fingerprint density at radius 2 is 1.72 bits per heavy atom. The molecule has 0 aliphatic carbocycles. The monoisotopic (exact) mass is 276 g/mol. The number of benzene rings is 1. The predicted molar refractivity (Wildman–Crippen MR) is 85.5 cm³/mol. The zero-order valence-corrected chi connectivity index (χ0v) is 14.0. The fourth-order valence-electron chi connectivity index (χ4n) is 1.98. The van der Waals surface area contributed by atoms with E-state index in [1.807, 2.05) is 5.70 Å². The second-order valence-electron chi connectivity index (χ2n) is 5.53. The van der Waals surface area contributed by atoms with Crippen LogP contribution in [-0.2, 0) is 10.2 Å². The molecule has 0 aromatic heterocycles. The van der Waals surface area contributed by atoms with Gasteiger partial charge in [-0.25, -0.2) is 0 Å². The minimum absolute atomic E-state index is 0.993. The van der Waals surface area contributed by atoms with Gasteiger partial charge in [0.1, 0.15) is 0 Å². The van der Waals surface area contributed by atoms with Crippen LogP contribution >= 0.6 is 0 Å². The molecule has 1 atom stereocenters. The van der Waals surface area contributed by atoms with E-state index in [0.717, 1.165) is 6.04 Å². The normalized spacial score (nSPS) is 14.9. The average Bonchev–Trinajstić information content (AvgIpc) is 2.32. The van der Waals surface area contributed by atoms with Crippen LogP contribution in [0.5, 0.6) is 0 Å². The standard InChI is InChI=1S/C15H24OSi2/c1-7-17(4,5)16-18(6,8-2)13-15-12-10-9-11-14(15)3/h7-12H,1-2,13H2,3-6H3. The van der Waals surface area contributed by atoms with Crippen LogP contribution in [0.2, 0.25) is 19.6 Å². The van der Waals surface area contributed by atoms with Crippen LogP contribution in [0.4, 0.5) is 0 Å². The van der Waals surface area contributed by atoms with Gasteiger partial charge < -0.3 is 4.12 Å². The van der Waals surface area contributed by atoms with E-state index in [2.05, 4.69) is 69.7 Å². The molecular weight excluding hydrogens is 252 g/mol. The summed E-state index contributed by atoms with van der Waals surface area (Å²) in [5.74, 6) is 0. The minimum atomic E-state index is -1.90.